The van der Waals surface area contributed by atoms with Gasteiger partial charge in [0.2, 0.25) is 0 Å². The Morgan fingerprint density at radius 3 is 2.72 bits per heavy atom. The van der Waals surface area contributed by atoms with E-state index in [1.54, 1.807) is 12.1 Å². The number of hydrogen-bond acceptors (Lipinski definition) is 1. The van der Waals surface area contributed by atoms with Crippen LogP contribution in [0.15, 0.2) is 18.2 Å². The smallest absolute Gasteiger partial charge is 0.123 e. The summed E-state index contributed by atoms with van der Waals surface area (Å²) in [5.74, 6) is -0.120. The van der Waals surface area contributed by atoms with Crippen molar-refractivity contribution in [1.82, 2.24) is 5.32 Å². The maximum atomic E-state index is 13.3. The molecule has 1 saturated carbocycles. The maximum Gasteiger partial charge on any atom is 0.123 e. The van der Waals surface area contributed by atoms with Crippen LogP contribution in [0.4, 0.5) is 4.39 Å². The van der Waals surface area contributed by atoms with Crippen LogP contribution in [0.3, 0.4) is 0 Å². The van der Waals surface area contributed by atoms with Crippen LogP contribution in [-0.2, 0) is 6.42 Å². The van der Waals surface area contributed by atoms with Crippen molar-refractivity contribution in [3.63, 3.8) is 0 Å². The highest BCUT2D eigenvalue weighted by Gasteiger charge is 2.44. The standard InChI is InChI=1S/C16H24FN/c1-4-9-18-15(16(3)7-8-16)11-13-10-14(17)6-5-12(13)2/h5-6,10,15,18H,4,7-9,11H2,1-3H3. The first kappa shape index (κ1) is 13.5. The first-order valence-electron chi connectivity index (χ1n) is 7.03. The highest BCUT2D eigenvalue weighted by molar-refractivity contribution is 5.28. The van der Waals surface area contributed by atoms with Crippen LogP contribution in [0.1, 0.15) is 44.2 Å². The molecule has 1 aromatic carbocycles. The minimum absolute atomic E-state index is 0.120. The van der Waals surface area contributed by atoms with Gasteiger partial charge >= 0.3 is 0 Å². The number of rotatable bonds is 6. The Balaban J connectivity index is 2.10. The van der Waals surface area contributed by atoms with Crippen molar-refractivity contribution in [2.75, 3.05) is 6.54 Å². The molecule has 0 aromatic heterocycles. The average Bonchev–Trinajstić information content (AvgIpc) is 3.08. The Hall–Kier alpha value is -0.890. The van der Waals surface area contributed by atoms with Gasteiger partial charge in [-0.1, -0.05) is 19.9 Å². The largest absolute Gasteiger partial charge is 0.313 e. The topological polar surface area (TPSA) is 12.0 Å². The summed E-state index contributed by atoms with van der Waals surface area (Å²) in [4.78, 5) is 0. The minimum Gasteiger partial charge on any atom is -0.313 e. The van der Waals surface area contributed by atoms with Gasteiger partial charge in [-0.05, 0) is 67.8 Å². The molecule has 18 heavy (non-hydrogen) atoms. The molecule has 1 nitrogen and oxygen atoms in total. The van der Waals surface area contributed by atoms with Crippen LogP contribution in [0.25, 0.3) is 0 Å². The fourth-order valence-corrected chi connectivity index (χ4v) is 2.51. The summed E-state index contributed by atoms with van der Waals surface area (Å²) >= 11 is 0. The molecule has 0 bridgehead atoms. The Labute approximate surface area is 110 Å². The van der Waals surface area contributed by atoms with Crippen molar-refractivity contribution in [3.05, 3.63) is 35.1 Å². The van der Waals surface area contributed by atoms with E-state index in [0.29, 0.717) is 11.5 Å². The summed E-state index contributed by atoms with van der Waals surface area (Å²) in [6.45, 7) is 7.65. The molecule has 1 aromatic rings. The quantitative estimate of drug-likeness (QED) is 0.807. The van der Waals surface area contributed by atoms with Crippen LogP contribution < -0.4 is 5.32 Å². The molecule has 100 valence electrons. The molecule has 0 spiro atoms. The van der Waals surface area contributed by atoms with Gasteiger partial charge in [-0.3, -0.25) is 0 Å². The van der Waals surface area contributed by atoms with Gasteiger partial charge in [-0.2, -0.15) is 0 Å². The second kappa shape index (κ2) is 5.40. The SMILES string of the molecule is CCCNC(Cc1cc(F)ccc1C)C1(C)CC1. The molecule has 0 saturated heterocycles. The van der Waals surface area contributed by atoms with Gasteiger partial charge in [0, 0.05) is 6.04 Å². The van der Waals surface area contributed by atoms with Gasteiger partial charge in [0.05, 0.1) is 0 Å². The van der Waals surface area contributed by atoms with E-state index in [9.17, 15) is 4.39 Å². The van der Waals surface area contributed by atoms with Crippen molar-refractivity contribution in [1.29, 1.82) is 0 Å². The number of benzene rings is 1. The van der Waals surface area contributed by atoms with E-state index in [2.05, 4.69) is 26.1 Å². The third-order valence-corrected chi connectivity index (χ3v) is 4.26. The van der Waals surface area contributed by atoms with Crippen LogP contribution in [-0.4, -0.2) is 12.6 Å². The van der Waals surface area contributed by atoms with E-state index < -0.39 is 0 Å². The van der Waals surface area contributed by atoms with Gasteiger partial charge in [0.25, 0.3) is 0 Å². The first-order valence-corrected chi connectivity index (χ1v) is 7.03. The van der Waals surface area contributed by atoms with Crippen molar-refractivity contribution in [2.24, 2.45) is 5.41 Å². The van der Waals surface area contributed by atoms with Crippen molar-refractivity contribution >= 4 is 0 Å². The second-order valence-electron chi connectivity index (χ2n) is 5.94. The monoisotopic (exact) mass is 249 g/mol. The summed E-state index contributed by atoms with van der Waals surface area (Å²) in [5, 5.41) is 3.64. The lowest BCUT2D eigenvalue weighted by Gasteiger charge is -2.25. The maximum absolute atomic E-state index is 13.3. The summed E-state index contributed by atoms with van der Waals surface area (Å²) in [5.41, 5.74) is 2.77. The lowest BCUT2D eigenvalue weighted by Crippen LogP contribution is -2.38. The third kappa shape index (κ3) is 3.11. The number of halogens is 1. The summed E-state index contributed by atoms with van der Waals surface area (Å²) in [7, 11) is 0. The first-order chi connectivity index (χ1) is 8.55. The summed E-state index contributed by atoms with van der Waals surface area (Å²) in [6.07, 6.45) is 4.68. The van der Waals surface area contributed by atoms with Crippen molar-refractivity contribution in [2.45, 2.75) is 52.5 Å². The summed E-state index contributed by atoms with van der Waals surface area (Å²) < 4.78 is 13.3. The van der Waals surface area contributed by atoms with E-state index in [0.717, 1.165) is 24.9 Å². The van der Waals surface area contributed by atoms with E-state index in [4.69, 9.17) is 0 Å². The van der Waals surface area contributed by atoms with Crippen molar-refractivity contribution in [3.8, 4) is 0 Å². The number of hydrogen-bond donors (Lipinski definition) is 1. The summed E-state index contributed by atoms with van der Waals surface area (Å²) in [6, 6.07) is 5.61. The molecular formula is C16H24FN. The molecule has 0 aliphatic heterocycles. The Bertz CT molecular complexity index is 410. The molecule has 1 aliphatic carbocycles. The lowest BCUT2D eigenvalue weighted by molar-refractivity contribution is 0.353. The third-order valence-electron chi connectivity index (χ3n) is 4.26. The van der Waals surface area contributed by atoms with Gasteiger partial charge in [-0.25, -0.2) is 4.39 Å². The Morgan fingerprint density at radius 1 is 1.39 bits per heavy atom. The minimum atomic E-state index is -0.120. The average molecular weight is 249 g/mol. The van der Waals surface area contributed by atoms with Crippen LogP contribution in [0.2, 0.25) is 0 Å². The van der Waals surface area contributed by atoms with Crippen LogP contribution in [0.5, 0.6) is 0 Å². The molecule has 1 atom stereocenters. The van der Waals surface area contributed by atoms with E-state index >= 15 is 0 Å². The Morgan fingerprint density at radius 2 is 2.11 bits per heavy atom. The predicted octanol–water partition coefficient (Wildman–Crippen LogP) is 3.84. The molecule has 2 heteroatoms. The van der Waals surface area contributed by atoms with E-state index in [1.807, 2.05) is 6.07 Å². The van der Waals surface area contributed by atoms with Gasteiger partial charge in [-0.15, -0.1) is 0 Å². The highest BCUT2D eigenvalue weighted by Crippen LogP contribution is 2.49. The van der Waals surface area contributed by atoms with E-state index in [1.165, 1.54) is 18.4 Å². The fourth-order valence-electron chi connectivity index (χ4n) is 2.51. The second-order valence-corrected chi connectivity index (χ2v) is 5.94. The zero-order chi connectivity index (χ0) is 13.2. The van der Waals surface area contributed by atoms with Crippen LogP contribution in [0, 0.1) is 18.2 Å². The van der Waals surface area contributed by atoms with Crippen molar-refractivity contribution < 1.29 is 4.39 Å². The van der Waals surface area contributed by atoms with Gasteiger partial charge in [0.1, 0.15) is 5.82 Å². The molecule has 1 fully saturated rings. The zero-order valence-corrected chi connectivity index (χ0v) is 11.7. The molecule has 1 N–H and O–H groups in total. The molecule has 0 amide bonds. The number of nitrogens with one attached hydrogen (secondary N) is 1. The fraction of sp³-hybridized carbons (Fsp3) is 0.625. The lowest BCUT2D eigenvalue weighted by atomic mass is 9.90. The van der Waals surface area contributed by atoms with Gasteiger partial charge < -0.3 is 5.32 Å². The normalized spacial score (nSPS) is 18.7. The molecule has 2 rings (SSSR count). The van der Waals surface area contributed by atoms with Gasteiger partial charge in [0.15, 0.2) is 0 Å². The van der Waals surface area contributed by atoms with E-state index in [-0.39, 0.29) is 5.82 Å². The molecule has 0 heterocycles. The number of aryl methyl sites for hydroxylation is 1. The highest BCUT2D eigenvalue weighted by atomic mass is 19.1. The molecule has 0 radical (unpaired) electrons. The Kier molecular flexibility index (Phi) is 4.06. The zero-order valence-electron chi connectivity index (χ0n) is 11.7. The van der Waals surface area contributed by atoms with Crippen LogP contribution >= 0.6 is 0 Å². The predicted molar refractivity (Wildman–Crippen MR) is 74.3 cm³/mol. The molecule has 1 unspecified atom stereocenters. The molecule has 1 aliphatic rings. The molecular weight excluding hydrogens is 225 g/mol.